The van der Waals surface area contributed by atoms with Crippen molar-refractivity contribution in [1.82, 2.24) is 4.31 Å². The molecular weight excluding hydrogens is 214 g/mol. The van der Waals surface area contributed by atoms with Crippen molar-refractivity contribution >= 4 is 15.8 Å². The average molecular weight is 233 g/mol. The van der Waals surface area contributed by atoms with Gasteiger partial charge in [0.25, 0.3) is 0 Å². The Morgan fingerprint density at radius 3 is 2.00 bits per heavy atom. The number of carbonyl (C=O) groups excluding carboxylic acids is 1. The summed E-state index contributed by atoms with van der Waals surface area (Å²) in [6, 6.07) is 0. The molecule has 1 aliphatic heterocycles. The van der Waals surface area contributed by atoms with E-state index < -0.39 is 20.3 Å². The summed E-state index contributed by atoms with van der Waals surface area (Å²) < 4.78 is 24.9. The van der Waals surface area contributed by atoms with Gasteiger partial charge in [-0.15, -0.1) is 0 Å². The Morgan fingerprint density at radius 2 is 1.73 bits per heavy atom. The zero-order valence-electron chi connectivity index (χ0n) is 9.99. The van der Waals surface area contributed by atoms with E-state index in [1.807, 2.05) is 0 Å². The molecule has 1 saturated heterocycles. The minimum atomic E-state index is -3.40. The molecule has 0 aromatic heterocycles. The largest absolute Gasteiger partial charge is 0.298 e. The van der Waals surface area contributed by atoms with Crippen LogP contribution in [0.25, 0.3) is 0 Å². The summed E-state index contributed by atoms with van der Waals surface area (Å²) in [6.45, 7) is 8.62. The Balaban J connectivity index is 3.18. The van der Waals surface area contributed by atoms with Crippen LogP contribution in [0.5, 0.6) is 0 Å². The highest BCUT2D eigenvalue weighted by atomic mass is 32.2. The third-order valence-corrected chi connectivity index (χ3v) is 5.68. The van der Waals surface area contributed by atoms with Crippen LogP contribution in [0.1, 0.15) is 41.0 Å². The Hall–Kier alpha value is -0.420. The molecule has 0 spiro atoms. The van der Waals surface area contributed by atoms with Gasteiger partial charge in [-0.3, -0.25) is 4.79 Å². The van der Waals surface area contributed by atoms with Gasteiger partial charge in [0.1, 0.15) is 0 Å². The van der Waals surface area contributed by atoms with Crippen molar-refractivity contribution in [2.24, 2.45) is 0 Å². The highest BCUT2D eigenvalue weighted by Crippen LogP contribution is 2.33. The smallest absolute Gasteiger partial charge is 0.219 e. The van der Waals surface area contributed by atoms with E-state index in [-0.39, 0.29) is 5.78 Å². The predicted molar refractivity (Wildman–Crippen MR) is 59.1 cm³/mol. The lowest BCUT2D eigenvalue weighted by atomic mass is 10.0. The Labute approximate surface area is 91.7 Å². The third-order valence-electron chi connectivity index (χ3n) is 2.91. The molecule has 5 heteroatoms. The molecule has 0 atom stereocenters. The second-order valence-electron chi connectivity index (χ2n) is 5.42. The molecule has 0 aliphatic carbocycles. The molecule has 15 heavy (non-hydrogen) atoms. The lowest BCUT2D eigenvalue weighted by Gasteiger charge is -2.34. The number of carbonyl (C=O) groups is 1. The van der Waals surface area contributed by atoms with Crippen LogP contribution >= 0.6 is 0 Å². The molecule has 0 aromatic carbocycles. The molecule has 1 rings (SSSR count). The number of nitrogens with zero attached hydrogens (tertiary/aromatic N) is 1. The summed E-state index contributed by atoms with van der Waals surface area (Å²) in [5.74, 6) is -0.00433. The fourth-order valence-corrected chi connectivity index (χ4v) is 3.37. The average Bonchev–Trinajstić information content (AvgIpc) is 2.25. The van der Waals surface area contributed by atoms with Gasteiger partial charge in [-0.25, -0.2) is 8.42 Å². The molecular formula is C10H19NO3S. The monoisotopic (exact) mass is 233 g/mol. The van der Waals surface area contributed by atoms with Gasteiger partial charge in [-0.05, 0) is 34.6 Å². The van der Waals surface area contributed by atoms with E-state index in [2.05, 4.69) is 0 Å². The maximum Gasteiger partial charge on any atom is 0.219 e. The summed E-state index contributed by atoms with van der Waals surface area (Å²) >= 11 is 0. The standard InChI is InChI=1S/C10H19NO3S/c1-9(2,3)15(13,14)11-7-6-8(12)10(11,4)5/h6-7H2,1-5H3. The van der Waals surface area contributed by atoms with Crippen molar-refractivity contribution in [3.05, 3.63) is 0 Å². The van der Waals surface area contributed by atoms with Crippen molar-refractivity contribution in [2.45, 2.75) is 51.3 Å². The van der Waals surface area contributed by atoms with Gasteiger partial charge in [0.05, 0.1) is 10.3 Å². The molecule has 1 aliphatic rings. The zero-order valence-corrected chi connectivity index (χ0v) is 10.8. The fraction of sp³-hybridized carbons (Fsp3) is 0.900. The first-order valence-electron chi connectivity index (χ1n) is 5.07. The normalized spacial score (nSPS) is 23.4. The molecule has 0 bridgehead atoms. The van der Waals surface area contributed by atoms with E-state index in [0.717, 1.165) is 0 Å². The summed E-state index contributed by atoms with van der Waals surface area (Å²) in [4.78, 5) is 11.6. The quantitative estimate of drug-likeness (QED) is 0.683. The Kier molecular flexibility index (Phi) is 2.77. The second-order valence-corrected chi connectivity index (χ2v) is 8.04. The van der Waals surface area contributed by atoms with Crippen molar-refractivity contribution in [1.29, 1.82) is 0 Å². The van der Waals surface area contributed by atoms with E-state index in [1.54, 1.807) is 34.6 Å². The van der Waals surface area contributed by atoms with Gasteiger partial charge in [-0.2, -0.15) is 4.31 Å². The SMILES string of the molecule is CC1(C)C(=O)CCN1S(=O)(=O)C(C)(C)C. The van der Waals surface area contributed by atoms with E-state index in [0.29, 0.717) is 13.0 Å². The number of hydrogen-bond acceptors (Lipinski definition) is 3. The van der Waals surface area contributed by atoms with Crippen LogP contribution in [0.4, 0.5) is 0 Å². The molecule has 1 fully saturated rings. The maximum atomic E-state index is 12.2. The van der Waals surface area contributed by atoms with Gasteiger partial charge in [0, 0.05) is 13.0 Å². The van der Waals surface area contributed by atoms with Gasteiger partial charge in [0.15, 0.2) is 5.78 Å². The number of hydrogen-bond donors (Lipinski definition) is 0. The lowest BCUT2D eigenvalue weighted by Crippen LogP contribution is -2.51. The van der Waals surface area contributed by atoms with E-state index in [1.165, 1.54) is 4.31 Å². The van der Waals surface area contributed by atoms with Crippen molar-refractivity contribution in [3.63, 3.8) is 0 Å². The molecule has 4 nitrogen and oxygen atoms in total. The van der Waals surface area contributed by atoms with Crippen molar-refractivity contribution in [3.8, 4) is 0 Å². The lowest BCUT2D eigenvalue weighted by molar-refractivity contribution is -0.122. The van der Waals surface area contributed by atoms with Gasteiger partial charge in [-0.1, -0.05) is 0 Å². The van der Waals surface area contributed by atoms with Gasteiger partial charge in [0.2, 0.25) is 10.0 Å². The Bertz CT molecular complexity index is 376. The molecule has 88 valence electrons. The second kappa shape index (κ2) is 3.28. The Morgan fingerprint density at radius 1 is 1.27 bits per heavy atom. The van der Waals surface area contributed by atoms with Crippen LogP contribution in [-0.4, -0.2) is 35.3 Å². The molecule has 0 aromatic rings. The van der Waals surface area contributed by atoms with Crippen molar-refractivity contribution in [2.75, 3.05) is 6.54 Å². The molecule has 0 saturated carbocycles. The summed E-state index contributed by atoms with van der Waals surface area (Å²) in [5.41, 5.74) is -0.883. The summed E-state index contributed by atoms with van der Waals surface area (Å²) in [6.07, 6.45) is 0.322. The van der Waals surface area contributed by atoms with E-state index >= 15 is 0 Å². The number of Topliss-reactive ketones (excluding diaryl/α,β-unsaturated/α-hetero) is 1. The van der Waals surface area contributed by atoms with Gasteiger partial charge >= 0.3 is 0 Å². The first kappa shape index (κ1) is 12.6. The highest BCUT2D eigenvalue weighted by Gasteiger charge is 2.50. The van der Waals surface area contributed by atoms with Gasteiger partial charge < -0.3 is 0 Å². The van der Waals surface area contributed by atoms with Crippen LogP contribution in [0.3, 0.4) is 0 Å². The fourth-order valence-electron chi connectivity index (χ4n) is 1.68. The molecule has 1 heterocycles. The molecule has 0 radical (unpaired) electrons. The first-order chi connectivity index (χ1) is 6.51. The number of ketones is 1. The predicted octanol–water partition coefficient (Wildman–Crippen LogP) is 1.17. The van der Waals surface area contributed by atoms with Crippen molar-refractivity contribution < 1.29 is 13.2 Å². The van der Waals surface area contributed by atoms with Crippen LogP contribution < -0.4 is 0 Å². The number of rotatable bonds is 1. The van der Waals surface area contributed by atoms with Crippen LogP contribution in [0.2, 0.25) is 0 Å². The van der Waals surface area contributed by atoms with Crippen LogP contribution in [0, 0.1) is 0 Å². The topological polar surface area (TPSA) is 54.5 Å². The number of sulfonamides is 1. The first-order valence-corrected chi connectivity index (χ1v) is 6.51. The van der Waals surface area contributed by atoms with Crippen LogP contribution in [0.15, 0.2) is 0 Å². The maximum absolute atomic E-state index is 12.2. The highest BCUT2D eigenvalue weighted by molar-refractivity contribution is 7.90. The molecule has 0 amide bonds. The minimum absolute atomic E-state index is 0.00433. The minimum Gasteiger partial charge on any atom is -0.298 e. The van der Waals surface area contributed by atoms with Crippen LogP contribution in [-0.2, 0) is 14.8 Å². The third kappa shape index (κ3) is 1.83. The summed E-state index contributed by atoms with van der Waals surface area (Å²) in [7, 11) is -3.40. The summed E-state index contributed by atoms with van der Waals surface area (Å²) in [5, 5.41) is 0. The molecule has 0 N–H and O–H groups in total. The van der Waals surface area contributed by atoms with E-state index in [4.69, 9.17) is 0 Å². The van der Waals surface area contributed by atoms with E-state index in [9.17, 15) is 13.2 Å². The molecule has 0 unspecified atom stereocenters. The zero-order chi connectivity index (χ0) is 12.1.